The molecule has 1 aliphatic heterocycles. The Bertz CT molecular complexity index is 726. The predicted molar refractivity (Wildman–Crippen MR) is 97.7 cm³/mol. The Morgan fingerprint density at radius 2 is 1.73 bits per heavy atom. The van der Waals surface area contributed by atoms with E-state index in [1.807, 2.05) is 27.7 Å². The molecule has 1 atom stereocenters. The number of primary amides is 1. The van der Waals surface area contributed by atoms with E-state index in [0.717, 1.165) is 0 Å². The lowest BCUT2D eigenvalue weighted by Gasteiger charge is -2.40. The molecule has 2 rings (SSSR count). The van der Waals surface area contributed by atoms with E-state index < -0.39 is 17.6 Å². The lowest BCUT2D eigenvalue weighted by Crippen LogP contribution is -2.56. The van der Waals surface area contributed by atoms with E-state index in [2.05, 4.69) is 0 Å². The standard InChI is InChI=1S/C18H26N4O4/c1-11-10-21(5-6-22(11)17(25)26-18(2,3)4)16(24)13-7-12(15(20)23)8-14(19)9-13/h7-9,11H,5-6,10,19H2,1-4H3,(H2,20,23)/t11-/m1/s1. The van der Waals surface area contributed by atoms with Crippen LogP contribution in [0.4, 0.5) is 10.5 Å². The summed E-state index contributed by atoms with van der Waals surface area (Å²) in [4.78, 5) is 39.6. The van der Waals surface area contributed by atoms with Crippen LogP contribution in [0, 0.1) is 0 Å². The number of ether oxygens (including phenoxy) is 1. The fourth-order valence-electron chi connectivity index (χ4n) is 2.83. The molecule has 0 bridgehead atoms. The average molecular weight is 362 g/mol. The monoisotopic (exact) mass is 362 g/mol. The maximum Gasteiger partial charge on any atom is 0.410 e. The van der Waals surface area contributed by atoms with Crippen molar-refractivity contribution >= 4 is 23.6 Å². The SMILES string of the molecule is C[C@@H]1CN(C(=O)c2cc(N)cc(C(N)=O)c2)CCN1C(=O)OC(C)(C)C. The molecule has 0 aromatic heterocycles. The Morgan fingerprint density at radius 3 is 2.27 bits per heavy atom. The number of piperazine rings is 1. The van der Waals surface area contributed by atoms with Gasteiger partial charge in [-0.1, -0.05) is 0 Å². The molecular weight excluding hydrogens is 336 g/mol. The van der Waals surface area contributed by atoms with Gasteiger partial charge in [-0.05, 0) is 45.9 Å². The number of carbonyl (C=O) groups excluding carboxylic acids is 3. The molecule has 0 unspecified atom stereocenters. The highest BCUT2D eigenvalue weighted by Gasteiger charge is 2.33. The Morgan fingerprint density at radius 1 is 1.12 bits per heavy atom. The number of nitrogens with zero attached hydrogens (tertiary/aromatic N) is 2. The highest BCUT2D eigenvalue weighted by atomic mass is 16.6. The predicted octanol–water partition coefficient (Wildman–Crippen LogP) is 1.45. The molecule has 8 heteroatoms. The van der Waals surface area contributed by atoms with Crippen LogP contribution in [0.5, 0.6) is 0 Å². The summed E-state index contributed by atoms with van der Waals surface area (Å²) in [5.41, 5.74) is 11.3. The minimum atomic E-state index is -0.644. The maximum atomic E-state index is 12.8. The maximum absolute atomic E-state index is 12.8. The topological polar surface area (TPSA) is 119 Å². The first-order valence-electron chi connectivity index (χ1n) is 8.47. The smallest absolute Gasteiger partial charge is 0.410 e. The number of hydrogen-bond donors (Lipinski definition) is 2. The number of rotatable bonds is 2. The van der Waals surface area contributed by atoms with Crippen LogP contribution in [-0.2, 0) is 4.74 Å². The van der Waals surface area contributed by atoms with Crippen LogP contribution >= 0.6 is 0 Å². The van der Waals surface area contributed by atoms with E-state index in [0.29, 0.717) is 30.9 Å². The zero-order chi connectivity index (χ0) is 19.6. The van der Waals surface area contributed by atoms with Crippen molar-refractivity contribution in [2.75, 3.05) is 25.4 Å². The van der Waals surface area contributed by atoms with E-state index in [1.54, 1.807) is 9.80 Å². The summed E-state index contributed by atoms with van der Waals surface area (Å²) in [6.45, 7) is 8.38. The van der Waals surface area contributed by atoms with Crippen LogP contribution in [0.2, 0.25) is 0 Å². The van der Waals surface area contributed by atoms with Gasteiger partial charge in [-0.25, -0.2) is 4.79 Å². The third kappa shape index (κ3) is 4.65. The Hall–Kier alpha value is -2.77. The van der Waals surface area contributed by atoms with Crippen molar-refractivity contribution in [2.45, 2.75) is 39.3 Å². The molecule has 0 aliphatic carbocycles. The van der Waals surface area contributed by atoms with Gasteiger partial charge < -0.3 is 26.0 Å². The normalized spacial score (nSPS) is 17.8. The fraction of sp³-hybridized carbons (Fsp3) is 0.500. The number of nitrogen functional groups attached to an aromatic ring is 1. The Balaban J connectivity index is 2.10. The van der Waals surface area contributed by atoms with Crippen molar-refractivity contribution in [3.05, 3.63) is 29.3 Å². The molecule has 3 amide bonds. The highest BCUT2D eigenvalue weighted by Crippen LogP contribution is 2.19. The molecule has 142 valence electrons. The summed E-state index contributed by atoms with van der Waals surface area (Å²) in [5.74, 6) is -0.898. The van der Waals surface area contributed by atoms with Crippen LogP contribution in [0.25, 0.3) is 0 Å². The number of amides is 3. The number of nitrogens with two attached hydrogens (primary N) is 2. The lowest BCUT2D eigenvalue weighted by atomic mass is 10.1. The Kier molecular flexibility index (Phi) is 5.44. The molecular formula is C18H26N4O4. The van der Waals surface area contributed by atoms with E-state index in [1.165, 1.54) is 18.2 Å². The molecule has 1 aliphatic rings. The third-order valence-electron chi connectivity index (χ3n) is 4.03. The fourth-order valence-corrected chi connectivity index (χ4v) is 2.83. The number of carbonyl (C=O) groups is 3. The quantitative estimate of drug-likeness (QED) is 0.772. The molecule has 0 spiro atoms. The van der Waals surface area contributed by atoms with E-state index in [-0.39, 0.29) is 17.5 Å². The van der Waals surface area contributed by atoms with Gasteiger partial charge in [-0.3, -0.25) is 9.59 Å². The van der Waals surface area contributed by atoms with Gasteiger partial charge in [0.15, 0.2) is 0 Å². The van der Waals surface area contributed by atoms with Crippen molar-refractivity contribution in [1.82, 2.24) is 9.80 Å². The van der Waals surface area contributed by atoms with E-state index >= 15 is 0 Å². The van der Waals surface area contributed by atoms with Crippen molar-refractivity contribution in [1.29, 1.82) is 0 Å². The minimum Gasteiger partial charge on any atom is -0.444 e. The summed E-state index contributed by atoms with van der Waals surface area (Å²) in [6, 6.07) is 4.19. The van der Waals surface area contributed by atoms with Crippen molar-refractivity contribution < 1.29 is 19.1 Å². The van der Waals surface area contributed by atoms with E-state index in [9.17, 15) is 14.4 Å². The lowest BCUT2D eigenvalue weighted by molar-refractivity contribution is 0.00198. The summed E-state index contributed by atoms with van der Waals surface area (Å²) in [6.07, 6.45) is -0.392. The largest absolute Gasteiger partial charge is 0.444 e. The molecule has 1 fully saturated rings. The van der Waals surface area contributed by atoms with Crippen LogP contribution < -0.4 is 11.5 Å². The van der Waals surface area contributed by atoms with Gasteiger partial charge in [-0.15, -0.1) is 0 Å². The van der Waals surface area contributed by atoms with Crippen LogP contribution in [-0.4, -0.2) is 59.0 Å². The molecule has 1 aromatic rings. The number of hydrogen-bond acceptors (Lipinski definition) is 5. The molecule has 1 saturated heterocycles. The van der Waals surface area contributed by atoms with Crippen molar-refractivity contribution in [3.8, 4) is 0 Å². The number of anilines is 1. The first kappa shape index (κ1) is 19.6. The Labute approximate surface area is 153 Å². The van der Waals surface area contributed by atoms with Gasteiger partial charge in [0.25, 0.3) is 5.91 Å². The zero-order valence-corrected chi connectivity index (χ0v) is 15.6. The van der Waals surface area contributed by atoms with Crippen LogP contribution in [0.3, 0.4) is 0 Å². The molecule has 4 N–H and O–H groups in total. The van der Waals surface area contributed by atoms with Gasteiger partial charge in [0.2, 0.25) is 5.91 Å². The van der Waals surface area contributed by atoms with Crippen LogP contribution in [0.15, 0.2) is 18.2 Å². The molecule has 26 heavy (non-hydrogen) atoms. The minimum absolute atomic E-state index is 0.189. The molecule has 0 saturated carbocycles. The van der Waals surface area contributed by atoms with Gasteiger partial charge in [0.05, 0.1) is 0 Å². The van der Waals surface area contributed by atoms with Crippen molar-refractivity contribution in [2.24, 2.45) is 5.73 Å². The third-order valence-corrected chi connectivity index (χ3v) is 4.03. The molecule has 1 heterocycles. The number of benzene rings is 1. The molecule has 0 radical (unpaired) electrons. The van der Waals surface area contributed by atoms with Gasteiger partial charge in [0.1, 0.15) is 5.60 Å². The van der Waals surface area contributed by atoms with Gasteiger partial charge >= 0.3 is 6.09 Å². The first-order valence-corrected chi connectivity index (χ1v) is 8.47. The summed E-state index contributed by atoms with van der Waals surface area (Å²) in [5, 5.41) is 0. The van der Waals surface area contributed by atoms with Crippen LogP contribution in [0.1, 0.15) is 48.4 Å². The highest BCUT2D eigenvalue weighted by molar-refractivity contribution is 6.00. The second-order valence-corrected chi connectivity index (χ2v) is 7.48. The summed E-state index contributed by atoms with van der Waals surface area (Å²) >= 11 is 0. The van der Waals surface area contributed by atoms with Crippen molar-refractivity contribution in [3.63, 3.8) is 0 Å². The second-order valence-electron chi connectivity index (χ2n) is 7.48. The zero-order valence-electron chi connectivity index (χ0n) is 15.6. The average Bonchev–Trinajstić information content (AvgIpc) is 2.51. The summed E-state index contributed by atoms with van der Waals surface area (Å²) in [7, 11) is 0. The van der Waals surface area contributed by atoms with Gasteiger partial charge in [0, 0.05) is 42.5 Å². The second kappa shape index (κ2) is 7.23. The van der Waals surface area contributed by atoms with Gasteiger partial charge in [-0.2, -0.15) is 0 Å². The molecule has 8 nitrogen and oxygen atoms in total. The molecule has 1 aromatic carbocycles. The first-order chi connectivity index (χ1) is 12.0. The van der Waals surface area contributed by atoms with E-state index in [4.69, 9.17) is 16.2 Å². The summed E-state index contributed by atoms with van der Waals surface area (Å²) < 4.78 is 5.40.